The zero-order valence-electron chi connectivity index (χ0n) is 12.6. The molecule has 1 fully saturated rings. The van der Waals surface area contributed by atoms with E-state index in [4.69, 9.17) is 21.1 Å². The van der Waals surface area contributed by atoms with Crippen LogP contribution in [0.3, 0.4) is 0 Å². The Hall–Kier alpha value is -1.71. The zero-order chi connectivity index (χ0) is 15.4. The van der Waals surface area contributed by atoms with Gasteiger partial charge in [0.05, 0.1) is 7.11 Å². The molecule has 1 aliphatic rings. The second kappa shape index (κ2) is 7.03. The van der Waals surface area contributed by atoms with E-state index in [9.17, 15) is 0 Å². The van der Waals surface area contributed by atoms with Crippen molar-refractivity contribution in [2.45, 2.75) is 32.0 Å². The maximum atomic E-state index is 6.03. The van der Waals surface area contributed by atoms with Crippen molar-refractivity contribution in [3.8, 4) is 11.5 Å². The van der Waals surface area contributed by atoms with Crippen molar-refractivity contribution in [3.63, 3.8) is 0 Å². The molecular formula is C18H20ClNO2. The average molecular weight is 318 g/mol. The Balaban J connectivity index is 1.74. The van der Waals surface area contributed by atoms with E-state index in [-0.39, 0.29) is 0 Å². The quantitative estimate of drug-likeness (QED) is 0.831. The van der Waals surface area contributed by atoms with Crippen molar-refractivity contribution in [1.29, 1.82) is 0 Å². The number of halogens is 1. The molecule has 3 rings (SSSR count). The minimum Gasteiger partial charge on any atom is -0.493 e. The predicted octanol–water partition coefficient (Wildman–Crippen LogP) is 4.18. The molecule has 0 spiro atoms. The van der Waals surface area contributed by atoms with E-state index >= 15 is 0 Å². The van der Waals surface area contributed by atoms with Gasteiger partial charge in [-0.05, 0) is 36.6 Å². The summed E-state index contributed by atoms with van der Waals surface area (Å²) in [5.74, 6) is 1.57. The van der Waals surface area contributed by atoms with Crippen molar-refractivity contribution in [2.75, 3.05) is 7.11 Å². The SMILES string of the molecule is COc1cccc(CNC2CC2)c1OCc1cccc(Cl)c1. The molecule has 1 aliphatic carbocycles. The number of methoxy groups -OCH3 is 1. The first-order valence-electron chi connectivity index (χ1n) is 7.53. The van der Waals surface area contributed by atoms with Crippen molar-refractivity contribution in [3.05, 3.63) is 58.6 Å². The average Bonchev–Trinajstić information content (AvgIpc) is 3.35. The van der Waals surface area contributed by atoms with Crippen LogP contribution in [-0.4, -0.2) is 13.2 Å². The van der Waals surface area contributed by atoms with Crippen LogP contribution in [0.15, 0.2) is 42.5 Å². The Kier molecular flexibility index (Phi) is 4.86. The van der Waals surface area contributed by atoms with Gasteiger partial charge in [0.1, 0.15) is 6.61 Å². The Morgan fingerprint density at radius 2 is 2.00 bits per heavy atom. The summed E-state index contributed by atoms with van der Waals surface area (Å²) < 4.78 is 11.5. The third-order valence-corrected chi connectivity index (χ3v) is 3.95. The maximum absolute atomic E-state index is 6.03. The molecule has 0 aromatic heterocycles. The Bertz CT molecular complexity index is 641. The number of hydrogen-bond acceptors (Lipinski definition) is 3. The molecule has 0 unspecified atom stereocenters. The molecule has 22 heavy (non-hydrogen) atoms. The van der Waals surface area contributed by atoms with E-state index < -0.39 is 0 Å². The van der Waals surface area contributed by atoms with Crippen LogP contribution in [0, 0.1) is 0 Å². The van der Waals surface area contributed by atoms with Crippen LogP contribution in [0.5, 0.6) is 11.5 Å². The van der Waals surface area contributed by atoms with Gasteiger partial charge in [-0.25, -0.2) is 0 Å². The monoisotopic (exact) mass is 317 g/mol. The van der Waals surface area contributed by atoms with Crippen LogP contribution in [0.2, 0.25) is 5.02 Å². The van der Waals surface area contributed by atoms with Gasteiger partial charge in [0.25, 0.3) is 0 Å². The molecular weight excluding hydrogens is 298 g/mol. The summed E-state index contributed by atoms with van der Waals surface area (Å²) in [6.45, 7) is 1.27. The fraction of sp³-hybridized carbons (Fsp3) is 0.333. The number of nitrogens with one attached hydrogen (secondary N) is 1. The van der Waals surface area contributed by atoms with Gasteiger partial charge in [-0.15, -0.1) is 0 Å². The van der Waals surface area contributed by atoms with Gasteiger partial charge in [0, 0.05) is 23.2 Å². The number of hydrogen-bond donors (Lipinski definition) is 1. The summed E-state index contributed by atoms with van der Waals surface area (Å²) in [7, 11) is 1.67. The molecule has 0 heterocycles. The molecule has 0 bridgehead atoms. The van der Waals surface area contributed by atoms with E-state index in [2.05, 4.69) is 11.4 Å². The van der Waals surface area contributed by atoms with Crippen molar-refractivity contribution < 1.29 is 9.47 Å². The molecule has 3 nitrogen and oxygen atoms in total. The van der Waals surface area contributed by atoms with E-state index in [0.29, 0.717) is 12.6 Å². The fourth-order valence-electron chi connectivity index (χ4n) is 2.35. The molecule has 4 heteroatoms. The van der Waals surface area contributed by atoms with E-state index in [1.165, 1.54) is 12.8 Å². The molecule has 0 saturated heterocycles. The Morgan fingerprint density at radius 1 is 1.18 bits per heavy atom. The van der Waals surface area contributed by atoms with Gasteiger partial charge >= 0.3 is 0 Å². The van der Waals surface area contributed by atoms with Crippen LogP contribution in [0.4, 0.5) is 0 Å². The van der Waals surface area contributed by atoms with Crippen molar-refractivity contribution >= 4 is 11.6 Å². The summed E-state index contributed by atoms with van der Waals surface area (Å²) in [5, 5.41) is 4.23. The minimum atomic E-state index is 0.470. The highest BCUT2D eigenvalue weighted by atomic mass is 35.5. The number of benzene rings is 2. The molecule has 0 atom stereocenters. The maximum Gasteiger partial charge on any atom is 0.166 e. The Labute approximate surface area is 136 Å². The van der Waals surface area contributed by atoms with Crippen LogP contribution < -0.4 is 14.8 Å². The lowest BCUT2D eigenvalue weighted by Gasteiger charge is -2.15. The lowest BCUT2D eigenvalue weighted by molar-refractivity contribution is 0.280. The normalized spacial score (nSPS) is 13.9. The lowest BCUT2D eigenvalue weighted by Crippen LogP contribution is -2.16. The Morgan fingerprint density at radius 3 is 2.73 bits per heavy atom. The highest BCUT2D eigenvalue weighted by Crippen LogP contribution is 2.32. The first kappa shape index (κ1) is 15.2. The summed E-state index contributed by atoms with van der Waals surface area (Å²) >= 11 is 6.02. The fourth-order valence-corrected chi connectivity index (χ4v) is 2.56. The highest BCUT2D eigenvalue weighted by Gasteiger charge is 2.21. The third kappa shape index (κ3) is 3.93. The third-order valence-electron chi connectivity index (χ3n) is 3.71. The summed E-state index contributed by atoms with van der Waals surface area (Å²) in [4.78, 5) is 0. The molecule has 2 aromatic rings. The first-order valence-corrected chi connectivity index (χ1v) is 7.90. The number of rotatable bonds is 7. The molecule has 116 valence electrons. The van der Waals surface area contributed by atoms with Crippen molar-refractivity contribution in [1.82, 2.24) is 5.32 Å². The smallest absolute Gasteiger partial charge is 0.166 e. The van der Waals surface area contributed by atoms with Gasteiger partial charge < -0.3 is 14.8 Å². The van der Waals surface area contributed by atoms with Crippen LogP contribution in [-0.2, 0) is 13.2 Å². The zero-order valence-corrected chi connectivity index (χ0v) is 13.4. The van der Waals surface area contributed by atoms with E-state index in [0.717, 1.165) is 34.2 Å². The molecule has 2 aromatic carbocycles. The summed E-state index contributed by atoms with van der Waals surface area (Å²) in [5.41, 5.74) is 2.16. The summed E-state index contributed by atoms with van der Waals surface area (Å²) in [6.07, 6.45) is 2.53. The molecule has 0 aliphatic heterocycles. The standard InChI is InChI=1S/C18H20ClNO2/c1-21-17-7-3-5-14(11-20-16-8-9-16)18(17)22-12-13-4-2-6-15(19)10-13/h2-7,10,16,20H,8-9,11-12H2,1H3. The molecule has 0 amide bonds. The van der Waals surface area contributed by atoms with E-state index in [1.54, 1.807) is 7.11 Å². The number of ether oxygens (including phenoxy) is 2. The minimum absolute atomic E-state index is 0.470. The van der Waals surface area contributed by atoms with Crippen molar-refractivity contribution in [2.24, 2.45) is 0 Å². The topological polar surface area (TPSA) is 30.5 Å². The second-order valence-electron chi connectivity index (χ2n) is 5.52. The largest absolute Gasteiger partial charge is 0.493 e. The van der Waals surface area contributed by atoms with Gasteiger partial charge in [0.2, 0.25) is 0 Å². The molecule has 1 N–H and O–H groups in total. The van der Waals surface area contributed by atoms with Gasteiger partial charge in [0.15, 0.2) is 11.5 Å². The van der Waals surface area contributed by atoms with Gasteiger partial charge in [-0.1, -0.05) is 35.9 Å². The van der Waals surface area contributed by atoms with Crippen LogP contribution >= 0.6 is 11.6 Å². The van der Waals surface area contributed by atoms with Crippen LogP contribution in [0.25, 0.3) is 0 Å². The predicted molar refractivity (Wildman–Crippen MR) is 88.6 cm³/mol. The molecule has 0 radical (unpaired) electrons. The highest BCUT2D eigenvalue weighted by molar-refractivity contribution is 6.30. The number of para-hydroxylation sites is 1. The summed E-state index contributed by atoms with van der Waals surface area (Å²) in [6, 6.07) is 14.4. The van der Waals surface area contributed by atoms with Gasteiger partial charge in [-0.2, -0.15) is 0 Å². The second-order valence-corrected chi connectivity index (χ2v) is 5.96. The molecule has 1 saturated carbocycles. The lowest BCUT2D eigenvalue weighted by atomic mass is 10.1. The van der Waals surface area contributed by atoms with E-state index in [1.807, 2.05) is 36.4 Å². The van der Waals surface area contributed by atoms with Gasteiger partial charge in [-0.3, -0.25) is 0 Å². The first-order chi connectivity index (χ1) is 10.8. The van der Waals surface area contributed by atoms with Crippen LogP contribution in [0.1, 0.15) is 24.0 Å².